The fourth-order valence-corrected chi connectivity index (χ4v) is 3.75. The Kier molecular flexibility index (Phi) is 5.90. The number of halogens is 1. The molecule has 4 aromatic rings. The van der Waals surface area contributed by atoms with Crippen molar-refractivity contribution in [1.82, 2.24) is 24.6 Å². The lowest BCUT2D eigenvalue weighted by molar-refractivity contribution is 0.0949. The fraction of sp³-hybridized carbons (Fsp3) is 0.240. The van der Waals surface area contributed by atoms with Gasteiger partial charge in [-0.2, -0.15) is 5.10 Å². The van der Waals surface area contributed by atoms with Gasteiger partial charge in [-0.05, 0) is 49.6 Å². The predicted octanol–water partition coefficient (Wildman–Crippen LogP) is 4.87. The van der Waals surface area contributed by atoms with E-state index in [9.17, 15) is 9.18 Å². The molecule has 0 aliphatic rings. The molecule has 0 saturated heterocycles. The molecule has 0 spiro atoms. The van der Waals surface area contributed by atoms with Crippen molar-refractivity contribution in [2.45, 2.75) is 40.2 Å². The number of aryl methyl sites for hydroxylation is 2. The molecule has 2 heterocycles. The van der Waals surface area contributed by atoms with Gasteiger partial charge in [0.25, 0.3) is 5.91 Å². The second-order valence-electron chi connectivity index (χ2n) is 8.16. The van der Waals surface area contributed by atoms with Crippen LogP contribution in [-0.2, 0) is 6.54 Å². The number of carbonyl (C=O) groups excluding carboxylic acids is 1. The second-order valence-corrected chi connectivity index (χ2v) is 8.16. The fourth-order valence-electron chi connectivity index (χ4n) is 3.75. The van der Waals surface area contributed by atoms with Crippen LogP contribution >= 0.6 is 0 Å². The van der Waals surface area contributed by atoms with Gasteiger partial charge in [-0.25, -0.2) is 14.1 Å². The summed E-state index contributed by atoms with van der Waals surface area (Å²) in [7, 11) is 0. The molecule has 0 bridgehead atoms. The number of aromatic nitrogens is 4. The summed E-state index contributed by atoms with van der Waals surface area (Å²) in [6.07, 6.45) is 4.94. The van der Waals surface area contributed by atoms with Crippen LogP contribution in [0.15, 0.2) is 61.1 Å². The maximum Gasteiger partial charge on any atom is 0.255 e. The molecule has 164 valence electrons. The lowest BCUT2D eigenvalue weighted by Gasteiger charge is -2.13. The lowest BCUT2D eigenvalue weighted by atomic mass is 10.0. The summed E-state index contributed by atoms with van der Waals surface area (Å²) in [5.41, 5.74) is 4.53. The van der Waals surface area contributed by atoms with E-state index >= 15 is 0 Å². The number of benzene rings is 2. The molecule has 0 atom stereocenters. The molecular weight excluding hydrogens is 405 g/mol. The number of nitrogens with zero attached hydrogens (tertiary/aromatic N) is 4. The molecule has 4 rings (SSSR count). The van der Waals surface area contributed by atoms with Gasteiger partial charge < -0.3 is 9.88 Å². The first-order valence-corrected chi connectivity index (χ1v) is 10.6. The zero-order chi connectivity index (χ0) is 22.8. The Labute approximate surface area is 186 Å². The zero-order valence-electron chi connectivity index (χ0n) is 18.6. The van der Waals surface area contributed by atoms with E-state index in [2.05, 4.69) is 15.4 Å². The monoisotopic (exact) mass is 431 g/mol. The van der Waals surface area contributed by atoms with Crippen molar-refractivity contribution in [2.75, 3.05) is 0 Å². The van der Waals surface area contributed by atoms with Crippen LogP contribution in [0.4, 0.5) is 4.39 Å². The predicted molar refractivity (Wildman–Crippen MR) is 122 cm³/mol. The highest BCUT2D eigenvalue weighted by Crippen LogP contribution is 2.24. The third kappa shape index (κ3) is 4.19. The van der Waals surface area contributed by atoms with Crippen LogP contribution in [0, 0.1) is 19.7 Å². The third-order valence-corrected chi connectivity index (χ3v) is 5.43. The quantitative estimate of drug-likeness (QED) is 0.474. The summed E-state index contributed by atoms with van der Waals surface area (Å²) in [4.78, 5) is 17.1. The first kappa shape index (κ1) is 21.5. The number of amides is 1. The molecule has 1 N–H and O–H groups in total. The number of carbonyl (C=O) groups is 1. The van der Waals surface area contributed by atoms with Gasteiger partial charge >= 0.3 is 0 Å². The van der Waals surface area contributed by atoms with Gasteiger partial charge in [0.1, 0.15) is 11.6 Å². The smallest absolute Gasteiger partial charge is 0.255 e. The largest absolute Gasteiger partial charge is 0.348 e. The Bertz CT molecular complexity index is 1250. The first-order chi connectivity index (χ1) is 15.3. The van der Waals surface area contributed by atoms with Crippen molar-refractivity contribution in [3.63, 3.8) is 0 Å². The van der Waals surface area contributed by atoms with Gasteiger partial charge in [0, 0.05) is 18.9 Å². The SMILES string of the molecule is Cc1ccc(-n2ncc(C(=O)NCc3ccc(-n4ccnc4C)c(F)c3)c2C(C)C)cc1. The van der Waals surface area contributed by atoms with E-state index in [0.29, 0.717) is 22.6 Å². The van der Waals surface area contributed by atoms with Gasteiger partial charge in [0.05, 0.1) is 28.8 Å². The number of nitrogens with one attached hydrogen (secondary N) is 1. The highest BCUT2D eigenvalue weighted by atomic mass is 19.1. The van der Waals surface area contributed by atoms with Crippen LogP contribution < -0.4 is 5.32 Å². The van der Waals surface area contributed by atoms with Crippen molar-refractivity contribution in [3.8, 4) is 11.4 Å². The molecule has 0 radical (unpaired) electrons. The zero-order valence-corrected chi connectivity index (χ0v) is 18.6. The van der Waals surface area contributed by atoms with E-state index < -0.39 is 0 Å². The Morgan fingerprint density at radius 3 is 2.50 bits per heavy atom. The summed E-state index contributed by atoms with van der Waals surface area (Å²) in [6, 6.07) is 12.9. The number of rotatable bonds is 6. The summed E-state index contributed by atoms with van der Waals surface area (Å²) >= 11 is 0. The molecular formula is C25H26FN5O. The minimum Gasteiger partial charge on any atom is -0.348 e. The third-order valence-electron chi connectivity index (χ3n) is 5.43. The summed E-state index contributed by atoms with van der Waals surface area (Å²) in [5, 5.41) is 7.36. The average Bonchev–Trinajstić information content (AvgIpc) is 3.39. The summed E-state index contributed by atoms with van der Waals surface area (Å²) < 4.78 is 18.1. The van der Waals surface area contributed by atoms with Crippen LogP contribution in [0.25, 0.3) is 11.4 Å². The Hall–Kier alpha value is -3.74. The normalized spacial score (nSPS) is 11.2. The van der Waals surface area contributed by atoms with Gasteiger partial charge in [-0.1, -0.05) is 37.6 Å². The van der Waals surface area contributed by atoms with E-state index in [0.717, 1.165) is 16.9 Å². The second kappa shape index (κ2) is 8.78. The molecule has 1 amide bonds. The minimum absolute atomic E-state index is 0.0923. The average molecular weight is 432 g/mol. The Morgan fingerprint density at radius 1 is 1.12 bits per heavy atom. The number of hydrogen-bond donors (Lipinski definition) is 1. The molecule has 0 aliphatic heterocycles. The van der Waals surface area contributed by atoms with Crippen molar-refractivity contribution in [1.29, 1.82) is 0 Å². The molecule has 0 fully saturated rings. The van der Waals surface area contributed by atoms with E-state index in [-0.39, 0.29) is 24.2 Å². The molecule has 6 nitrogen and oxygen atoms in total. The van der Waals surface area contributed by atoms with E-state index in [1.807, 2.05) is 52.0 Å². The Morgan fingerprint density at radius 2 is 1.88 bits per heavy atom. The van der Waals surface area contributed by atoms with Crippen molar-refractivity contribution < 1.29 is 9.18 Å². The van der Waals surface area contributed by atoms with Crippen molar-refractivity contribution in [2.24, 2.45) is 0 Å². The van der Waals surface area contributed by atoms with Crippen molar-refractivity contribution in [3.05, 3.63) is 95.1 Å². The standard InChI is InChI=1S/C25H26FN5O/c1-16(2)24-21(15-29-31(24)20-8-5-17(3)6-9-20)25(32)28-14-19-7-10-23(22(26)13-19)30-12-11-27-18(30)4/h5-13,15-16H,14H2,1-4H3,(H,28,32). The van der Waals surface area contributed by atoms with E-state index in [1.165, 1.54) is 6.07 Å². The number of imidazole rings is 1. The topological polar surface area (TPSA) is 64.7 Å². The maximum absolute atomic E-state index is 14.7. The van der Waals surface area contributed by atoms with Crippen LogP contribution in [0.5, 0.6) is 0 Å². The van der Waals surface area contributed by atoms with E-state index in [1.54, 1.807) is 40.0 Å². The molecule has 2 aromatic heterocycles. The minimum atomic E-state index is -0.368. The first-order valence-electron chi connectivity index (χ1n) is 10.6. The van der Waals surface area contributed by atoms with Gasteiger partial charge in [-0.3, -0.25) is 4.79 Å². The molecule has 32 heavy (non-hydrogen) atoms. The van der Waals surface area contributed by atoms with Crippen LogP contribution in [0.1, 0.15) is 52.8 Å². The molecule has 0 unspecified atom stereocenters. The maximum atomic E-state index is 14.7. The van der Waals surface area contributed by atoms with Crippen molar-refractivity contribution >= 4 is 5.91 Å². The highest BCUT2D eigenvalue weighted by Gasteiger charge is 2.21. The molecule has 2 aromatic carbocycles. The number of hydrogen-bond acceptors (Lipinski definition) is 3. The Balaban J connectivity index is 1.53. The van der Waals surface area contributed by atoms with E-state index in [4.69, 9.17) is 0 Å². The van der Waals surface area contributed by atoms with Crippen LogP contribution in [-0.4, -0.2) is 25.2 Å². The highest BCUT2D eigenvalue weighted by molar-refractivity contribution is 5.95. The summed E-state index contributed by atoms with van der Waals surface area (Å²) in [6.45, 7) is 8.12. The summed E-state index contributed by atoms with van der Waals surface area (Å²) in [5.74, 6) is 0.196. The molecule has 0 saturated carbocycles. The van der Waals surface area contributed by atoms with Crippen LogP contribution in [0.3, 0.4) is 0 Å². The van der Waals surface area contributed by atoms with Crippen LogP contribution in [0.2, 0.25) is 0 Å². The van der Waals surface area contributed by atoms with Gasteiger partial charge in [0.2, 0.25) is 0 Å². The van der Waals surface area contributed by atoms with Gasteiger partial charge in [0.15, 0.2) is 0 Å². The molecule has 0 aliphatic carbocycles. The lowest BCUT2D eigenvalue weighted by Crippen LogP contribution is -2.24. The molecule has 7 heteroatoms. The van der Waals surface area contributed by atoms with Gasteiger partial charge in [-0.15, -0.1) is 0 Å².